The highest BCUT2D eigenvalue weighted by molar-refractivity contribution is 7.22. The predicted octanol–water partition coefficient (Wildman–Crippen LogP) is 4.66. The van der Waals surface area contributed by atoms with Crippen LogP contribution in [0.2, 0.25) is 0 Å². The van der Waals surface area contributed by atoms with E-state index >= 15 is 0 Å². The fraction of sp³-hybridized carbons (Fsp3) is 0.533. The van der Waals surface area contributed by atoms with E-state index in [0.717, 1.165) is 5.13 Å². The van der Waals surface area contributed by atoms with Crippen LogP contribution in [0.1, 0.15) is 43.2 Å². The monoisotopic (exact) mass is 260 g/mol. The van der Waals surface area contributed by atoms with Crippen LogP contribution in [0.15, 0.2) is 12.1 Å². The van der Waals surface area contributed by atoms with Crippen molar-refractivity contribution in [3.63, 3.8) is 0 Å². The molecule has 2 nitrogen and oxygen atoms in total. The maximum atomic E-state index is 4.75. The lowest BCUT2D eigenvalue weighted by Gasteiger charge is -2.22. The van der Waals surface area contributed by atoms with Crippen molar-refractivity contribution in [2.24, 2.45) is 0 Å². The zero-order valence-corrected chi connectivity index (χ0v) is 11.9. The molecule has 1 N–H and O–H groups in total. The van der Waals surface area contributed by atoms with Crippen molar-refractivity contribution >= 4 is 26.7 Å². The number of fused-ring (bicyclic) bond motifs is 1. The molecule has 1 aliphatic rings. The average Bonchev–Trinajstić information content (AvgIpc) is 2.73. The quantitative estimate of drug-likeness (QED) is 0.849. The molecule has 1 aliphatic carbocycles. The first-order chi connectivity index (χ1) is 8.72. The molecule has 0 amide bonds. The van der Waals surface area contributed by atoms with E-state index in [1.165, 1.54) is 53.4 Å². The lowest BCUT2D eigenvalue weighted by Crippen LogP contribution is -2.21. The smallest absolute Gasteiger partial charge is 0.184 e. The molecule has 1 fully saturated rings. The van der Waals surface area contributed by atoms with Gasteiger partial charge in [-0.3, -0.25) is 0 Å². The molecule has 3 heteroatoms. The summed E-state index contributed by atoms with van der Waals surface area (Å²) in [7, 11) is 0. The van der Waals surface area contributed by atoms with Crippen LogP contribution in [-0.2, 0) is 0 Å². The second kappa shape index (κ2) is 4.88. The van der Waals surface area contributed by atoms with Gasteiger partial charge in [0, 0.05) is 6.04 Å². The van der Waals surface area contributed by atoms with E-state index in [1.54, 1.807) is 11.3 Å². The molecule has 0 radical (unpaired) electrons. The van der Waals surface area contributed by atoms with Crippen molar-refractivity contribution in [2.75, 3.05) is 5.32 Å². The molecule has 18 heavy (non-hydrogen) atoms. The zero-order valence-electron chi connectivity index (χ0n) is 11.1. The molecule has 0 unspecified atom stereocenters. The highest BCUT2D eigenvalue weighted by Gasteiger charge is 2.15. The van der Waals surface area contributed by atoms with Gasteiger partial charge in [0.2, 0.25) is 0 Å². The van der Waals surface area contributed by atoms with Crippen LogP contribution in [0.5, 0.6) is 0 Å². The second-order valence-electron chi connectivity index (χ2n) is 5.43. The third-order valence-corrected chi connectivity index (χ3v) is 4.70. The zero-order chi connectivity index (χ0) is 12.5. The number of hydrogen-bond acceptors (Lipinski definition) is 3. The number of nitrogens with one attached hydrogen (secondary N) is 1. The molecule has 0 spiro atoms. The van der Waals surface area contributed by atoms with Crippen LogP contribution in [0.3, 0.4) is 0 Å². The molecule has 0 aliphatic heterocycles. The summed E-state index contributed by atoms with van der Waals surface area (Å²) in [5.41, 5.74) is 3.79. The fourth-order valence-corrected chi connectivity index (χ4v) is 3.97. The lowest BCUT2D eigenvalue weighted by atomic mass is 9.96. The summed E-state index contributed by atoms with van der Waals surface area (Å²) in [6.07, 6.45) is 6.72. The number of nitrogens with zero attached hydrogens (tertiary/aromatic N) is 1. The minimum absolute atomic E-state index is 0.640. The summed E-state index contributed by atoms with van der Waals surface area (Å²) in [6, 6.07) is 5.10. The van der Waals surface area contributed by atoms with Crippen LogP contribution >= 0.6 is 11.3 Å². The molecule has 0 atom stereocenters. The Labute approximate surface area is 112 Å². The number of benzene rings is 1. The van der Waals surface area contributed by atoms with Gasteiger partial charge in [0.15, 0.2) is 5.13 Å². The number of rotatable bonds is 2. The van der Waals surface area contributed by atoms with Gasteiger partial charge in [-0.15, -0.1) is 0 Å². The molecule has 1 heterocycles. The Hall–Kier alpha value is -1.09. The Kier molecular flexibility index (Phi) is 3.25. The van der Waals surface area contributed by atoms with Crippen molar-refractivity contribution < 1.29 is 0 Å². The molecule has 3 rings (SSSR count). The largest absolute Gasteiger partial charge is 0.359 e. The maximum absolute atomic E-state index is 4.75. The molecule has 96 valence electrons. The summed E-state index contributed by atoms with van der Waals surface area (Å²) >= 11 is 1.80. The van der Waals surface area contributed by atoms with E-state index in [-0.39, 0.29) is 0 Å². The molecule has 0 bridgehead atoms. The Balaban J connectivity index is 1.86. The Morgan fingerprint density at radius 3 is 2.72 bits per heavy atom. The van der Waals surface area contributed by atoms with E-state index in [1.807, 2.05) is 0 Å². The Bertz CT molecular complexity index is 553. The van der Waals surface area contributed by atoms with Gasteiger partial charge in [0.25, 0.3) is 0 Å². The summed E-state index contributed by atoms with van der Waals surface area (Å²) < 4.78 is 1.31. The Morgan fingerprint density at radius 1 is 1.17 bits per heavy atom. The van der Waals surface area contributed by atoms with Crippen molar-refractivity contribution in [1.82, 2.24) is 4.98 Å². The van der Waals surface area contributed by atoms with Gasteiger partial charge in [-0.05, 0) is 43.9 Å². The maximum Gasteiger partial charge on any atom is 0.184 e. The number of hydrogen-bond donors (Lipinski definition) is 1. The van der Waals surface area contributed by atoms with Crippen LogP contribution in [0.4, 0.5) is 5.13 Å². The summed E-state index contributed by atoms with van der Waals surface area (Å²) in [6.45, 7) is 4.31. The van der Waals surface area contributed by atoms with Gasteiger partial charge >= 0.3 is 0 Å². The minimum Gasteiger partial charge on any atom is -0.359 e. The third kappa shape index (κ3) is 2.37. The van der Waals surface area contributed by atoms with Crippen molar-refractivity contribution in [2.45, 2.75) is 52.0 Å². The van der Waals surface area contributed by atoms with Gasteiger partial charge in [-0.2, -0.15) is 0 Å². The Morgan fingerprint density at radius 2 is 1.94 bits per heavy atom. The molecule has 2 aromatic rings. The highest BCUT2D eigenvalue weighted by atomic mass is 32.1. The van der Waals surface area contributed by atoms with Crippen molar-refractivity contribution in [3.05, 3.63) is 23.3 Å². The summed E-state index contributed by atoms with van der Waals surface area (Å²) in [5.74, 6) is 0. The lowest BCUT2D eigenvalue weighted by molar-refractivity contribution is 0.462. The van der Waals surface area contributed by atoms with Gasteiger partial charge in [0.1, 0.15) is 0 Å². The first kappa shape index (κ1) is 12.0. The third-order valence-electron chi connectivity index (χ3n) is 3.76. The average molecular weight is 260 g/mol. The van der Waals surface area contributed by atoms with E-state index < -0.39 is 0 Å². The van der Waals surface area contributed by atoms with Crippen LogP contribution < -0.4 is 5.32 Å². The number of thiazole rings is 1. The molecule has 1 saturated carbocycles. The number of aryl methyl sites for hydroxylation is 2. The number of anilines is 1. The normalized spacial score (nSPS) is 17.2. The van der Waals surface area contributed by atoms with Gasteiger partial charge < -0.3 is 5.32 Å². The van der Waals surface area contributed by atoms with Crippen molar-refractivity contribution in [3.8, 4) is 0 Å². The van der Waals surface area contributed by atoms with Crippen LogP contribution in [-0.4, -0.2) is 11.0 Å². The van der Waals surface area contributed by atoms with E-state index in [0.29, 0.717) is 6.04 Å². The van der Waals surface area contributed by atoms with Gasteiger partial charge in [-0.25, -0.2) is 4.98 Å². The standard InChI is InChI=1S/C15H20N2S/c1-10-8-11(2)14-13(9-10)18-15(17-14)16-12-6-4-3-5-7-12/h8-9,12H,3-7H2,1-2H3,(H,16,17). The SMILES string of the molecule is Cc1cc(C)c2nc(NC3CCCCC3)sc2c1. The highest BCUT2D eigenvalue weighted by Crippen LogP contribution is 2.31. The summed E-state index contributed by atoms with van der Waals surface area (Å²) in [5, 5.41) is 4.73. The van der Waals surface area contributed by atoms with Gasteiger partial charge in [-0.1, -0.05) is 36.7 Å². The van der Waals surface area contributed by atoms with Gasteiger partial charge in [0.05, 0.1) is 10.2 Å². The first-order valence-corrected chi connectivity index (χ1v) is 7.68. The predicted molar refractivity (Wildman–Crippen MR) is 79.6 cm³/mol. The van der Waals surface area contributed by atoms with Crippen LogP contribution in [0, 0.1) is 13.8 Å². The number of aromatic nitrogens is 1. The topological polar surface area (TPSA) is 24.9 Å². The van der Waals surface area contributed by atoms with E-state index in [4.69, 9.17) is 4.98 Å². The summed E-state index contributed by atoms with van der Waals surface area (Å²) in [4.78, 5) is 4.75. The molecular formula is C15H20N2S. The van der Waals surface area contributed by atoms with E-state index in [2.05, 4.69) is 31.3 Å². The first-order valence-electron chi connectivity index (χ1n) is 6.87. The van der Waals surface area contributed by atoms with Crippen molar-refractivity contribution in [1.29, 1.82) is 0 Å². The molecule has 1 aromatic heterocycles. The molecule has 0 saturated heterocycles. The molecule has 1 aromatic carbocycles. The second-order valence-corrected chi connectivity index (χ2v) is 6.46. The molecular weight excluding hydrogens is 240 g/mol. The fourth-order valence-electron chi connectivity index (χ4n) is 2.85. The minimum atomic E-state index is 0.640. The van der Waals surface area contributed by atoms with E-state index in [9.17, 15) is 0 Å². The van der Waals surface area contributed by atoms with Crippen LogP contribution in [0.25, 0.3) is 10.2 Å².